The predicted octanol–water partition coefficient (Wildman–Crippen LogP) is 3.40. The molecule has 0 aliphatic rings. The fourth-order valence-electron chi connectivity index (χ4n) is 1.69. The average Bonchev–Trinajstić information content (AvgIpc) is 2.48. The van der Waals surface area contributed by atoms with Gasteiger partial charge in [0.15, 0.2) is 0 Å². The summed E-state index contributed by atoms with van der Waals surface area (Å²) >= 11 is 5.84. The molecular weight excluding hydrogens is 293 g/mol. The van der Waals surface area contributed by atoms with Gasteiger partial charge in [-0.3, -0.25) is 4.79 Å². The SMILES string of the molecule is N#Cc1ccc(Cl)cc1NCC(=O)Nc1ccccc1F. The molecule has 2 N–H and O–H groups in total. The van der Waals surface area contributed by atoms with Gasteiger partial charge in [0.25, 0.3) is 0 Å². The van der Waals surface area contributed by atoms with Crippen molar-refractivity contribution in [2.24, 2.45) is 0 Å². The highest BCUT2D eigenvalue weighted by Gasteiger charge is 2.08. The molecule has 0 radical (unpaired) electrons. The zero-order valence-electron chi connectivity index (χ0n) is 10.9. The van der Waals surface area contributed by atoms with Crippen molar-refractivity contribution in [2.75, 3.05) is 17.2 Å². The Morgan fingerprint density at radius 1 is 1.24 bits per heavy atom. The first-order chi connectivity index (χ1) is 10.1. The molecule has 2 rings (SSSR count). The van der Waals surface area contributed by atoms with E-state index in [1.165, 1.54) is 18.2 Å². The number of carbonyl (C=O) groups excluding carboxylic acids is 1. The molecule has 0 aromatic heterocycles. The van der Waals surface area contributed by atoms with Crippen LogP contribution in [-0.4, -0.2) is 12.5 Å². The monoisotopic (exact) mass is 303 g/mol. The Morgan fingerprint density at radius 2 is 2.00 bits per heavy atom. The lowest BCUT2D eigenvalue weighted by molar-refractivity contribution is -0.114. The lowest BCUT2D eigenvalue weighted by Crippen LogP contribution is -2.22. The standard InChI is InChI=1S/C15H11ClFN3O/c16-11-6-5-10(8-18)14(7-11)19-9-15(21)20-13-4-2-1-3-12(13)17/h1-7,19H,9H2,(H,20,21). The van der Waals surface area contributed by atoms with Crippen LogP contribution in [0, 0.1) is 17.1 Å². The molecule has 0 bridgehead atoms. The second-order valence-electron chi connectivity index (χ2n) is 4.18. The van der Waals surface area contributed by atoms with Gasteiger partial charge in [-0.2, -0.15) is 5.26 Å². The van der Waals surface area contributed by atoms with E-state index in [1.807, 2.05) is 6.07 Å². The van der Waals surface area contributed by atoms with E-state index in [9.17, 15) is 9.18 Å². The number of anilines is 2. The zero-order valence-corrected chi connectivity index (χ0v) is 11.6. The maximum absolute atomic E-state index is 13.4. The summed E-state index contributed by atoms with van der Waals surface area (Å²) < 4.78 is 13.4. The lowest BCUT2D eigenvalue weighted by Gasteiger charge is -2.09. The summed E-state index contributed by atoms with van der Waals surface area (Å²) in [5.41, 5.74) is 0.933. The largest absolute Gasteiger partial charge is 0.375 e. The third-order valence-electron chi connectivity index (χ3n) is 2.69. The molecule has 6 heteroatoms. The van der Waals surface area contributed by atoms with Crippen molar-refractivity contribution in [1.82, 2.24) is 0 Å². The molecule has 21 heavy (non-hydrogen) atoms. The second-order valence-corrected chi connectivity index (χ2v) is 4.62. The smallest absolute Gasteiger partial charge is 0.243 e. The zero-order chi connectivity index (χ0) is 15.2. The number of nitrogens with one attached hydrogen (secondary N) is 2. The van der Waals surface area contributed by atoms with Gasteiger partial charge >= 0.3 is 0 Å². The van der Waals surface area contributed by atoms with Crippen molar-refractivity contribution in [3.05, 3.63) is 58.9 Å². The maximum atomic E-state index is 13.4. The van der Waals surface area contributed by atoms with Gasteiger partial charge in [0, 0.05) is 5.02 Å². The Morgan fingerprint density at radius 3 is 2.71 bits per heavy atom. The number of benzene rings is 2. The Kier molecular flexibility index (Phi) is 4.75. The number of amides is 1. The van der Waals surface area contributed by atoms with Crippen LogP contribution < -0.4 is 10.6 Å². The van der Waals surface area contributed by atoms with Crippen molar-refractivity contribution in [1.29, 1.82) is 5.26 Å². The van der Waals surface area contributed by atoms with Crippen molar-refractivity contribution in [2.45, 2.75) is 0 Å². The number of rotatable bonds is 4. The number of halogens is 2. The molecule has 2 aromatic carbocycles. The normalized spacial score (nSPS) is 9.76. The van der Waals surface area contributed by atoms with Gasteiger partial charge in [0.1, 0.15) is 11.9 Å². The minimum Gasteiger partial charge on any atom is -0.375 e. The predicted molar refractivity (Wildman–Crippen MR) is 79.7 cm³/mol. The number of carbonyl (C=O) groups is 1. The molecule has 2 aromatic rings. The van der Waals surface area contributed by atoms with Crippen LogP contribution >= 0.6 is 11.6 Å². The van der Waals surface area contributed by atoms with Crippen LogP contribution in [0.5, 0.6) is 0 Å². The molecule has 0 heterocycles. The highest BCUT2D eigenvalue weighted by Crippen LogP contribution is 2.20. The first kappa shape index (κ1) is 14.8. The molecule has 0 aliphatic carbocycles. The van der Waals surface area contributed by atoms with Crippen molar-refractivity contribution in [3.8, 4) is 6.07 Å². The summed E-state index contributed by atoms with van der Waals surface area (Å²) in [4.78, 5) is 11.8. The van der Waals surface area contributed by atoms with Crippen LogP contribution in [0.2, 0.25) is 5.02 Å². The summed E-state index contributed by atoms with van der Waals surface area (Å²) in [6, 6.07) is 12.6. The lowest BCUT2D eigenvalue weighted by atomic mass is 10.2. The molecule has 0 aliphatic heterocycles. The molecule has 0 saturated carbocycles. The van der Waals surface area contributed by atoms with Crippen molar-refractivity contribution in [3.63, 3.8) is 0 Å². The van der Waals surface area contributed by atoms with Gasteiger partial charge in [-0.05, 0) is 30.3 Å². The number of nitriles is 1. The topological polar surface area (TPSA) is 64.9 Å². The fourth-order valence-corrected chi connectivity index (χ4v) is 1.86. The van der Waals surface area contributed by atoms with E-state index in [-0.39, 0.29) is 12.2 Å². The molecule has 0 unspecified atom stereocenters. The van der Waals surface area contributed by atoms with Gasteiger partial charge in [-0.15, -0.1) is 0 Å². The third-order valence-corrected chi connectivity index (χ3v) is 2.92. The van der Waals surface area contributed by atoms with Crippen LogP contribution in [0.3, 0.4) is 0 Å². The Bertz CT molecular complexity index is 712. The van der Waals surface area contributed by atoms with Gasteiger partial charge in [0.05, 0.1) is 23.5 Å². The molecule has 1 amide bonds. The van der Waals surface area contributed by atoms with Crippen molar-refractivity contribution >= 4 is 28.9 Å². The van der Waals surface area contributed by atoms with E-state index >= 15 is 0 Å². The first-order valence-corrected chi connectivity index (χ1v) is 6.46. The fraction of sp³-hybridized carbons (Fsp3) is 0.0667. The maximum Gasteiger partial charge on any atom is 0.243 e. The highest BCUT2D eigenvalue weighted by atomic mass is 35.5. The molecule has 0 fully saturated rings. The Hall–Kier alpha value is -2.58. The molecule has 0 atom stereocenters. The highest BCUT2D eigenvalue weighted by molar-refractivity contribution is 6.30. The Labute approximate surface area is 126 Å². The van der Waals surface area contributed by atoms with Crippen LogP contribution in [0.15, 0.2) is 42.5 Å². The van der Waals surface area contributed by atoms with Crippen molar-refractivity contribution < 1.29 is 9.18 Å². The molecule has 106 valence electrons. The Balaban J connectivity index is 2.01. The summed E-state index contributed by atoms with van der Waals surface area (Å²) in [7, 11) is 0. The minimum absolute atomic E-state index is 0.107. The van der Waals surface area contributed by atoms with Gasteiger partial charge in [-0.25, -0.2) is 4.39 Å². The van der Waals surface area contributed by atoms with Gasteiger partial charge in [-0.1, -0.05) is 23.7 Å². The van der Waals surface area contributed by atoms with Crippen LogP contribution in [0.25, 0.3) is 0 Å². The summed E-state index contributed by atoms with van der Waals surface area (Å²) in [5.74, 6) is -0.935. The second kappa shape index (κ2) is 6.73. The van der Waals surface area contributed by atoms with Gasteiger partial charge in [0.2, 0.25) is 5.91 Å². The van der Waals surface area contributed by atoms with Crippen LogP contribution in [-0.2, 0) is 4.79 Å². The quantitative estimate of drug-likeness (QED) is 0.910. The van der Waals surface area contributed by atoms with E-state index in [0.29, 0.717) is 16.3 Å². The van der Waals surface area contributed by atoms with Crippen LogP contribution in [0.1, 0.15) is 5.56 Å². The number of hydrogen-bond acceptors (Lipinski definition) is 3. The van der Waals surface area contributed by atoms with E-state index in [4.69, 9.17) is 16.9 Å². The molecule has 0 saturated heterocycles. The molecule has 4 nitrogen and oxygen atoms in total. The number of nitrogens with zero attached hydrogens (tertiary/aromatic N) is 1. The number of hydrogen-bond donors (Lipinski definition) is 2. The summed E-state index contributed by atoms with van der Waals surface area (Å²) in [6.07, 6.45) is 0. The van der Waals surface area contributed by atoms with Gasteiger partial charge < -0.3 is 10.6 Å². The summed E-state index contributed by atoms with van der Waals surface area (Å²) in [6.45, 7) is -0.108. The average molecular weight is 304 g/mol. The summed E-state index contributed by atoms with van der Waals surface area (Å²) in [5, 5.41) is 14.7. The van der Waals surface area contributed by atoms with E-state index in [2.05, 4.69) is 10.6 Å². The van der Waals surface area contributed by atoms with Crippen LogP contribution in [0.4, 0.5) is 15.8 Å². The minimum atomic E-state index is -0.508. The first-order valence-electron chi connectivity index (χ1n) is 6.08. The van der Waals surface area contributed by atoms with E-state index < -0.39 is 11.7 Å². The van der Waals surface area contributed by atoms with E-state index in [0.717, 1.165) is 0 Å². The molecular formula is C15H11ClFN3O. The number of para-hydroxylation sites is 1. The molecule has 0 spiro atoms. The third kappa shape index (κ3) is 3.94. The van der Waals surface area contributed by atoms with E-state index in [1.54, 1.807) is 24.3 Å².